The molecule has 0 radical (unpaired) electrons. The molecule has 6 rings (SSSR count). The topological polar surface area (TPSA) is 66.5 Å². The van der Waals surface area contributed by atoms with Gasteiger partial charge in [-0.05, 0) is 93.8 Å². The summed E-state index contributed by atoms with van der Waals surface area (Å²) < 4.78 is 0. The van der Waals surface area contributed by atoms with Crippen molar-refractivity contribution >= 4 is 17.7 Å². The Morgan fingerprint density at radius 3 is 1.90 bits per heavy atom. The molecule has 0 spiro atoms. The van der Waals surface area contributed by atoms with Gasteiger partial charge in [0.15, 0.2) is 0 Å². The monoisotopic (exact) mass is 426 g/mol. The molecule has 1 heterocycles. The summed E-state index contributed by atoms with van der Waals surface area (Å²) in [6.07, 6.45) is 13.6. The lowest BCUT2D eigenvalue weighted by Gasteiger charge is -2.59. The van der Waals surface area contributed by atoms with Gasteiger partial charge in [-0.3, -0.25) is 19.3 Å². The van der Waals surface area contributed by atoms with E-state index in [2.05, 4.69) is 26.1 Å². The molecular weight excluding hydrogens is 388 g/mol. The number of carbonyl (C=O) groups is 3. The maximum atomic E-state index is 13.6. The van der Waals surface area contributed by atoms with E-state index in [0.29, 0.717) is 19.3 Å². The molecule has 4 bridgehead atoms. The summed E-state index contributed by atoms with van der Waals surface area (Å²) in [6.45, 7) is 6.29. The minimum Gasteiger partial charge on any atom is -0.351 e. The lowest BCUT2D eigenvalue weighted by atomic mass is 9.48. The van der Waals surface area contributed by atoms with E-state index in [9.17, 15) is 14.4 Å². The largest absolute Gasteiger partial charge is 0.351 e. The third-order valence-corrected chi connectivity index (χ3v) is 9.21. The Morgan fingerprint density at radius 1 is 0.968 bits per heavy atom. The number of fused-ring (bicyclic) bond motifs is 1. The minimum atomic E-state index is -0.679. The number of nitrogens with zero attached hydrogens (tertiary/aromatic N) is 1. The van der Waals surface area contributed by atoms with Gasteiger partial charge in [-0.25, -0.2) is 0 Å². The van der Waals surface area contributed by atoms with Gasteiger partial charge in [-0.2, -0.15) is 0 Å². The quantitative estimate of drug-likeness (QED) is 0.514. The second-order valence-corrected chi connectivity index (χ2v) is 11.9. The second-order valence-electron chi connectivity index (χ2n) is 11.9. The lowest BCUT2D eigenvalue weighted by Crippen LogP contribution is -2.59. The standard InChI is InChI=1S/C26H38N2O3/c1-15(2)8-22(28-24(30)20-6-4-5-7-21(20)25(28)31)23(29)27-16(3)26-12-17-9-18(13-26)11-19(10-17)14-26/h4-5,15-22H,6-14H2,1-3H3,(H,27,29)/t16-,17?,18?,19?,20-,21+,22+,26?/m1/s1. The third kappa shape index (κ3) is 3.56. The molecule has 1 N–H and O–H groups in total. The van der Waals surface area contributed by atoms with E-state index < -0.39 is 6.04 Å². The van der Waals surface area contributed by atoms with Crippen LogP contribution in [0.25, 0.3) is 0 Å². The van der Waals surface area contributed by atoms with Gasteiger partial charge in [0.05, 0.1) is 11.8 Å². The fourth-order valence-electron chi connectivity index (χ4n) is 8.08. The molecule has 4 saturated carbocycles. The summed E-state index contributed by atoms with van der Waals surface area (Å²) in [6, 6.07) is -0.582. The molecule has 3 amide bonds. The van der Waals surface area contributed by atoms with Crippen LogP contribution < -0.4 is 5.32 Å². The first-order valence-corrected chi connectivity index (χ1v) is 12.6. The zero-order valence-electron chi connectivity index (χ0n) is 19.3. The molecule has 5 fully saturated rings. The Bertz CT molecular complexity index is 739. The highest BCUT2D eigenvalue weighted by molar-refractivity contribution is 6.08. The molecule has 6 aliphatic rings. The number of carbonyl (C=O) groups excluding carboxylic acids is 3. The highest BCUT2D eigenvalue weighted by Gasteiger charge is 2.55. The van der Waals surface area contributed by atoms with Crippen molar-refractivity contribution in [2.75, 3.05) is 0 Å². The van der Waals surface area contributed by atoms with Crippen molar-refractivity contribution in [1.29, 1.82) is 0 Å². The maximum Gasteiger partial charge on any atom is 0.243 e. The van der Waals surface area contributed by atoms with E-state index in [1.165, 1.54) is 43.4 Å². The Labute approximate surface area is 186 Å². The zero-order valence-corrected chi connectivity index (χ0v) is 19.3. The van der Waals surface area contributed by atoms with Gasteiger partial charge in [-0.15, -0.1) is 0 Å². The molecule has 5 aliphatic carbocycles. The van der Waals surface area contributed by atoms with Crippen LogP contribution in [0.15, 0.2) is 12.2 Å². The SMILES string of the molecule is CC(C)C[C@@H](C(=O)N[C@H](C)C12CC3CC(CC(C3)C1)C2)N1C(=O)[C@H]2CC=CC[C@H]2C1=O. The number of likely N-dealkylation sites (tertiary alicyclic amines) is 1. The molecular formula is C26H38N2O3. The van der Waals surface area contributed by atoms with Crippen molar-refractivity contribution in [2.24, 2.45) is 40.9 Å². The van der Waals surface area contributed by atoms with Crippen LogP contribution in [0.4, 0.5) is 0 Å². The Hall–Kier alpha value is -1.65. The van der Waals surface area contributed by atoms with Crippen LogP contribution in [-0.2, 0) is 14.4 Å². The number of hydrogen-bond acceptors (Lipinski definition) is 3. The van der Waals surface area contributed by atoms with Crippen molar-refractivity contribution in [3.63, 3.8) is 0 Å². The van der Waals surface area contributed by atoms with Crippen LogP contribution >= 0.6 is 0 Å². The van der Waals surface area contributed by atoms with Gasteiger partial charge in [0.2, 0.25) is 17.7 Å². The van der Waals surface area contributed by atoms with Crippen LogP contribution in [-0.4, -0.2) is 34.7 Å². The van der Waals surface area contributed by atoms with Gasteiger partial charge in [0.25, 0.3) is 0 Å². The predicted octanol–water partition coefficient (Wildman–Crippen LogP) is 4.07. The van der Waals surface area contributed by atoms with Gasteiger partial charge in [0, 0.05) is 6.04 Å². The third-order valence-electron chi connectivity index (χ3n) is 9.21. The van der Waals surface area contributed by atoms with E-state index in [1.54, 1.807) is 0 Å². The Balaban J connectivity index is 1.34. The highest BCUT2D eigenvalue weighted by Crippen LogP contribution is 2.61. The average Bonchev–Trinajstić information content (AvgIpc) is 2.95. The van der Waals surface area contributed by atoms with Crippen molar-refractivity contribution < 1.29 is 14.4 Å². The van der Waals surface area contributed by atoms with Crippen molar-refractivity contribution in [3.05, 3.63) is 12.2 Å². The van der Waals surface area contributed by atoms with Crippen LogP contribution in [0.1, 0.15) is 78.6 Å². The van der Waals surface area contributed by atoms with E-state index in [4.69, 9.17) is 0 Å². The fraction of sp³-hybridized carbons (Fsp3) is 0.808. The van der Waals surface area contributed by atoms with E-state index >= 15 is 0 Å². The average molecular weight is 427 g/mol. The van der Waals surface area contributed by atoms with Crippen LogP contribution in [0, 0.1) is 40.9 Å². The lowest BCUT2D eigenvalue weighted by molar-refractivity contribution is -0.149. The first-order valence-electron chi connectivity index (χ1n) is 12.6. The van der Waals surface area contributed by atoms with Gasteiger partial charge in [0.1, 0.15) is 6.04 Å². The number of hydrogen-bond donors (Lipinski definition) is 1. The number of imide groups is 1. The highest BCUT2D eigenvalue weighted by atomic mass is 16.2. The maximum absolute atomic E-state index is 13.6. The zero-order chi connectivity index (χ0) is 21.9. The summed E-state index contributed by atoms with van der Waals surface area (Å²) in [5.41, 5.74) is 0.212. The molecule has 0 unspecified atom stereocenters. The number of rotatable bonds is 6. The molecule has 0 aromatic carbocycles. The summed E-state index contributed by atoms with van der Waals surface area (Å²) in [5.74, 6) is 1.77. The molecule has 0 aromatic rings. The first kappa shape index (κ1) is 21.2. The number of amides is 3. The minimum absolute atomic E-state index is 0.0970. The van der Waals surface area contributed by atoms with Crippen molar-refractivity contribution in [1.82, 2.24) is 10.2 Å². The summed E-state index contributed by atoms with van der Waals surface area (Å²) in [4.78, 5) is 41.3. The first-order chi connectivity index (χ1) is 14.8. The van der Waals surface area contributed by atoms with Crippen LogP contribution in [0.3, 0.4) is 0 Å². The van der Waals surface area contributed by atoms with Crippen LogP contribution in [0.5, 0.6) is 0 Å². The predicted molar refractivity (Wildman–Crippen MR) is 119 cm³/mol. The Morgan fingerprint density at radius 2 is 1.45 bits per heavy atom. The molecule has 1 saturated heterocycles. The van der Waals surface area contributed by atoms with Gasteiger partial charge >= 0.3 is 0 Å². The molecule has 170 valence electrons. The van der Waals surface area contributed by atoms with Crippen LogP contribution in [0.2, 0.25) is 0 Å². The summed E-state index contributed by atoms with van der Waals surface area (Å²) in [7, 11) is 0. The fourth-order valence-corrected chi connectivity index (χ4v) is 8.08. The van der Waals surface area contributed by atoms with E-state index in [1.807, 2.05) is 12.2 Å². The Kier molecular flexibility index (Phi) is 5.29. The van der Waals surface area contributed by atoms with Crippen molar-refractivity contribution in [2.45, 2.75) is 90.6 Å². The van der Waals surface area contributed by atoms with Gasteiger partial charge < -0.3 is 5.32 Å². The van der Waals surface area contributed by atoms with Gasteiger partial charge in [-0.1, -0.05) is 26.0 Å². The second kappa shape index (κ2) is 7.74. The molecule has 0 aromatic heterocycles. The molecule has 31 heavy (non-hydrogen) atoms. The smallest absolute Gasteiger partial charge is 0.243 e. The number of allylic oxidation sites excluding steroid dienone is 2. The molecule has 5 nitrogen and oxygen atoms in total. The molecule has 5 heteroatoms. The number of nitrogens with one attached hydrogen (secondary N) is 1. The molecule has 1 aliphatic heterocycles. The van der Waals surface area contributed by atoms with Crippen molar-refractivity contribution in [3.8, 4) is 0 Å². The normalized spacial score (nSPS) is 40.4. The summed E-state index contributed by atoms with van der Waals surface area (Å²) in [5, 5.41) is 3.34. The summed E-state index contributed by atoms with van der Waals surface area (Å²) >= 11 is 0. The molecule has 4 atom stereocenters. The van der Waals surface area contributed by atoms with E-state index in [0.717, 1.165) is 17.8 Å². The van der Waals surface area contributed by atoms with E-state index in [-0.39, 0.29) is 46.9 Å².